The van der Waals surface area contributed by atoms with Crippen LogP contribution in [0.4, 0.5) is 5.95 Å². The Labute approximate surface area is 184 Å². The van der Waals surface area contributed by atoms with E-state index in [4.69, 9.17) is 0 Å². The van der Waals surface area contributed by atoms with Crippen LogP contribution in [-0.4, -0.2) is 68.0 Å². The molecule has 0 bridgehead atoms. The van der Waals surface area contributed by atoms with Crippen LogP contribution in [0, 0.1) is 0 Å². The molecular weight excluding hydrogens is 414 g/mol. The van der Waals surface area contributed by atoms with Crippen molar-refractivity contribution in [3.05, 3.63) is 48.3 Å². The highest BCUT2D eigenvalue weighted by molar-refractivity contribution is 7.89. The van der Waals surface area contributed by atoms with Crippen LogP contribution in [0.3, 0.4) is 0 Å². The normalized spacial score (nSPS) is 15.8. The first-order valence-corrected chi connectivity index (χ1v) is 11.8. The van der Waals surface area contributed by atoms with Crippen LogP contribution in [-0.2, 0) is 16.6 Å². The number of hydrogen-bond acceptors (Lipinski definition) is 6. The van der Waals surface area contributed by atoms with E-state index in [1.807, 2.05) is 32.9 Å². The molecule has 2 N–H and O–H groups in total. The second kappa shape index (κ2) is 9.61. The smallest absolute Gasteiger partial charge is 0.241 e. The molecule has 0 saturated carbocycles. The molecule has 0 atom stereocenters. The van der Waals surface area contributed by atoms with Crippen LogP contribution >= 0.6 is 0 Å². The average Bonchev–Trinajstić information content (AvgIpc) is 2.74. The molecule has 0 radical (unpaired) electrons. The highest BCUT2D eigenvalue weighted by Gasteiger charge is 2.25. The molecule has 1 fully saturated rings. The first-order chi connectivity index (χ1) is 14.7. The van der Waals surface area contributed by atoms with Gasteiger partial charge in [-0.2, -0.15) is 0 Å². The molecule has 1 aromatic heterocycles. The molecule has 1 aliphatic rings. The molecular formula is C21H31N7O2S. The molecule has 9 nitrogen and oxygen atoms in total. The molecule has 0 spiro atoms. The average molecular weight is 446 g/mol. The van der Waals surface area contributed by atoms with Gasteiger partial charge in [-0.15, -0.1) is 0 Å². The Balaban J connectivity index is 1.65. The first kappa shape index (κ1) is 23.0. The van der Waals surface area contributed by atoms with Crippen molar-refractivity contribution < 1.29 is 8.42 Å². The summed E-state index contributed by atoms with van der Waals surface area (Å²) in [6.45, 7) is 8.94. The van der Waals surface area contributed by atoms with Gasteiger partial charge >= 0.3 is 0 Å². The molecule has 1 saturated heterocycles. The second-order valence-electron chi connectivity index (χ2n) is 8.39. The van der Waals surface area contributed by atoms with Gasteiger partial charge in [0, 0.05) is 57.7 Å². The Morgan fingerprint density at radius 2 is 1.71 bits per heavy atom. The minimum Gasteiger partial charge on any atom is -0.352 e. The lowest BCUT2D eigenvalue weighted by molar-refractivity contribution is 0.370. The number of hydrogen-bond donors (Lipinski definition) is 2. The Hall–Kier alpha value is -2.72. The van der Waals surface area contributed by atoms with E-state index in [9.17, 15) is 8.42 Å². The number of guanidine groups is 1. The lowest BCUT2D eigenvalue weighted by Gasteiger charge is -2.36. The summed E-state index contributed by atoms with van der Waals surface area (Å²) < 4.78 is 28.4. The number of nitrogens with one attached hydrogen (secondary N) is 2. The number of aromatic nitrogens is 2. The van der Waals surface area contributed by atoms with Crippen LogP contribution < -0.4 is 14.9 Å². The highest BCUT2D eigenvalue weighted by atomic mass is 32.2. The molecule has 0 aliphatic carbocycles. The Kier molecular flexibility index (Phi) is 7.11. The van der Waals surface area contributed by atoms with Crippen molar-refractivity contribution in [3.63, 3.8) is 0 Å². The highest BCUT2D eigenvalue weighted by Crippen LogP contribution is 2.18. The lowest BCUT2D eigenvalue weighted by Crippen LogP contribution is -2.52. The monoisotopic (exact) mass is 445 g/mol. The van der Waals surface area contributed by atoms with Crippen molar-refractivity contribution >= 4 is 21.9 Å². The Morgan fingerprint density at radius 3 is 2.32 bits per heavy atom. The quantitative estimate of drug-likeness (QED) is 0.530. The fourth-order valence-corrected chi connectivity index (χ4v) is 5.11. The van der Waals surface area contributed by atoms with E-state index in [0.29, 0.717) is 12.1 Å². The summed E-state index contributed by atoms with van der Waals surface area (Å²) >= 11 is 0. The van der Waals surface area contributed by atoms with Gasteiger partial charge in [-0.05, 0) is 38.5 Å². The van der Waals surface area contributed by atoms with E-state index < -0.39 is 15.6 Å². The van der Waals surface area contributed by atoms with Gasteiger partial charge in [0.25, 0.3) is 0 Å². The van der Waals surface area contributed by atoms with Gasteiger partial charge in [0.2, 0.25) is 16.0 Å². The van der Waals surface area contributed by atoms with E-state index in [2.05, 4.69) is 34.8 Å². The van der Waals surface area contributed by atoms with Gasteiger partial charge in [0.15, 0.2) is 5.96 Å². The number of piperazine rings is 1. The number of nitrogens with zero attached hydrogens (tertiary/aromatic N) is 5. The van der Waals surface area contributed by atoms with Gasteiger partial charge < -0.3 is 15.1 Å². The molecule has 2 heterocycles. The lowest BCUT2D eigenvalue weighted by atomic mass is 10.1. The molecule has 0 amide bonds. The third kappa shape index (κ3) is 6.14. The van der Waals surface area contributed by atoms with Crippen molar-refractivity contribution in [2.45, 2.75) is 37.8 Å². The van der Waals surface area contributed by atoms with Gasteiger partial charge in [0.05, 0.1) is 4.90 Å². The van der Waals surface area contributed by atoms with Gasteiger partial charge in [-0.3, -0.25) is 4.99 Å². The summed E-state index contributed by atoms with van der Waals surface area (Å²) in [7, 11) is -1.90. The van der Waals surface area contributed by atoms with Crippen LogP contribution in [0.15, 0.2) is 52.6 Å². The molecule has 3 rings (SSSR count). The SMILES string of the molecule is CN=C(NCc1ccccc1S(=O)(=O)NC(C)(C)C)N1CCN(c2ncccn2)CC1. The number of rotatable bonds is 5. The van der Waals surface area contributed by atoms with E-state index in [1.165, 1.54) is 0 Å². The number of anilines is 1. The van der Waals surface area contributed by atoms with Gasteiger partial charge in [-0.1, -0.05) is 18.2 Å². The number of sulfonamides is 1. The largest absolute Gasteiger partial charge is 0.352 e. The molecule has 2 aromatic rings. The van der Waals surface area contributed by atoms with E-state index in [-0.39, 0.29) is 4.90 Å². The zero-order chi connectivity index (χ0) is 22.5. The third-order valence-corrected chi connectivity index (χ3v) is 6.62. The number of benzene rings is 1. The van der Waals surface area contributed by atoms with Crippen molar-refractivity contribution in [1.29, 1.82) is 0 Å². The Bertz CT molecular complexity index is 996. The van der Waals surface area contributed by atoms with Crippen molar-refractivity contribution in [2.24, 2.45) is 4.99 Å². The molecule has 168 valence electrons. The van der Waals surface area contributed by atoms with Crippen LogP contribution in [0.5, 0.6) is 0 Å². The van der Waals surface area contributed by atoms with E-state index in [1.54, 1.807) is 37.6 Å². The zero-order valence-corrected chi connectivity index (χ0v) is 19.4. The predicted molar refractivity (Wildman–Crippen MR) is 123 cm³/mol. The first-order valence-electron chi connectivity index (χ1n) is 10.3. The van der Waals surface area contributed by atoms with Crippen LogP contribution in [0.25, 0.3) is 0 Å². The maximum absolute atomic E-state index is 12.9. The summed E-state index contributed by atoms with van der Waals surface area (Å²) in [6.07, 6.45) is 3.49. The minimum atomic E-state index is -3.63. The molecule has 10 heteroatoms. The topological polar surface area (TPSA) is 103 Å². The number of aliphatic imine (C=N–C) groups is 1. The van der Waals surface area contributed by atoms with Crippen LogP contribution in [0.2, 0.25) is 0 Å². The van der Waals surface area contributed by atoms with Crippen molar-refractivity contribution in [2.75, 3.05) is 38.1 Å². The summed E-state index contributed by atoms with van der Waals surface area (Å²) in [4.78, 5) is 17.6. The summed E-state index contributed by atoms with van der Waals surface area (Å²) in [5.41, 5.74) is 0.133. The van der Waals surface area contributed by atoms with E-state index >= 15 is 0 Å². The summed E-state index contributed by atoms with van der Waals surface area (Å²) in [6, 6.07) is 8.84. The Morgan fingerprint density at radius 1 is 1.06 bits per heavy atom. The van der Waals surface area contributed by atoms with Crippen molar-refractivity contribution in [3.8, 4) is 0 Å². The fourth-order valence-electron chi connectivity index (χ4n) is 3.45. The van der Waals surface area contributed by atoms with Gasteiger partial charge in [-0.25, -0.2) is 23.1 Å². The maximum Gasteiger partial charge on any atom is 0.241 e. The maximum atomic E-state index is 12.9. The molecule has 1 aromatic carbocycles. The molecule has 1 aliphatic heterocycles. The molecule has 31 heavy (non-hydrogen) atoms. The molecule has 0 unspecified atom stereocenters. The zero-order valence-electron chi connectivity index (χ0n) is 18.5. The minimum absolute atomic E-state index is 0.277. The van der Waals surface area contributed by atoms with Crippen molar-refractivity contribution in [1.82, 2.24) is 24.9 Å². The standard InChI is InChI=1S/C21H31N7O2S/c1-21(2,3)26-31(29,30)18-9-6-5-8-17(18)16-25-19(22-4)27-12-14-28(15-13-27)20-23-10-7-11-24-20/h5-11,26H,12-16H2,1-4H3,(H,22,25). The third-order valence-electron chi connectivity index (χ3n) is 4.77. The second-order valence-corrected chi connectivity index (χ2v) is 10.0. The summed E-state index contributed by atoms with van der Waals surface area (Å²) in [5, 5.41) is 3.32. The fraction of sp³-hybridized carbons (Fsp3) is 0.476. The van der Waals surface area contributed by atoms with Gasteiger partial charge in [0.1, 0.15) is 0 Å². The predicted octanol–water partition coefficient (Wildman–Crippen LogP) is 1.45. The van der Waals surface area contributed by atoms with Crippen LogP contribution in [0.1, 0.15) is 26.3 Å². The summed E-state index contributed by atoms with van der Waals surface area (Å²) in [5.74, 6) is 1.47. The van der Waals surface area contributed by atoms with E-state index in [0.717, 1.165) is 38.1 Å².